The molecule has 9 aromatic rings. The first-order valence-corrected chi connectivity index (χ1v) is 23.5. The fourth-order valence-electron chi connectivity index (χ4n) is 8.41. The van der Waals surface area contributed by atoms with E-state index in [0.29, 0.717) is 0 Å². The number of nitrogens with zero attached hydrogens (tertiary/aromatic N) is 2. The lowest BCUT2D eigenvalue weighted by atomic mass is 9.98. The number of allylic oxidation sites excluding steroid dienone is 6. The average Bonchev–Trinajstić information content (AvgIpc) is 3.39. The van der Waals surface area contributed by atoms with Crippen LogP contribution in [0.5, 0.6) is 0 Å². The summed E-state index contributed by atoms with van der Waals surface area (Å²) in [5, 5.41) is 4.69. The van der Waals surface area contributed by atoms with Crippen LogP contribution in [0.2, 0.25) is 0 Å². The molecule has 9 aromatic carbocycles. The number of rotatable bonds is 13. The number of benzene rings is 9. The van der Waals surface area contributed by atoms with Gasteiger partial charge in [0.05, 0.1) is 5.69 Å². The number of halogens is 1. The van der Waals surface area contributed by atoms with Gasteiger partial charge in [0.25, 0.3) is 0 Å². The van der Waals surface area contributed by atoms with Crippen molar-refractivity contribution in [2.75, 3.05) is 9.80 Å². The van der Waals surface area contributed by atoms with Crippen molar-refractivity contribution in [1.82, 2.24) is 0 Å². The Morgan fingerprint density at radius 3 is 1.59 bits per heavy atom. The fraction of sp³-hybridized carbons (Fsp3) is 0.0159. The molecule has 0 aliphatic rings. The third-order valence-corrected chi connectivity index (χ3v) is 12.2. The van der Waals surface area contributed by atoms with Gasteiger partial charge in [0.1, 0.15) is 0 Å². The molecular weight excluding hydrogens is 912 g/mol. The van der Waals surface area contributed by atoms with Crippen molar-refractivity contribution >= 4 is 79.6 Å². The number of hydrogen-bond acceptors (Lipinski definition) is 2. The molecule has 0 fully saturated rings. The molecule has 0 heterocycles. The van der Waals surface area contributed by atoms with E-state index >= 15 is 0 Å². The second-order valence-electron chi connectivity index (χ2n) is 15.9. The molecule has 0 unspecified atom stereocenters. The van der Waals surface area contributed by atoms with Gasteiger partial charge in [0, 0.05) is 34.3 Å². The van der Waals surface area contributed by atoms with Crippen LogP contribution < -0.4 is 20.2 Å². The van der Waals surface area contributed by atoms with Crippen LogP contribution in [0.25, 0.3) is 62.0 Å². The fourth-order valence-corrected chi connectivity index (χ4v) is 8.62. The molecule has 0 spiro atoms. The first kappa shape index (κ1) is 43.5. The molecule has 66 heavy (non-hydrogen) atoms. The minimum Gasteiger partial charge on any atom is -0.317 e. The molecule has 0 saturated heterocycles. The van der Waals surface area contributed by atoms with Gasteiger partial charge < -0.3 is 9.80 Å². The normalized spacial score (nSPS) is 12.3. The lowest BCUT2D eigenvalue weighted by molar-refractivity contribution is 1.30. The van der Waals surface area contributed by atoms with E-state index in [1.165, 1.54) is 21.9 Å². The highest BCUT2D eigenvalue weighted by Gasteiger charge is 2.16. The Morgan fingerprint density at radius 2 is 0.970 bits per heavy atom. The summed E-state index contributed by atoms with van der Waals surface area (Å²) < 4.78 is 2.03. The van der Waals surface area contributed by atoms with E-state index in [2.05, 4.69) is 282 Å². The molecule has 0 saturated carbocycles. The Bertz CT molecular complexity index is 3300. The summed E-state index contributed by atoms with van der Waals surface area (Å²) in [7, 11) is 0. The molecule has 0 radical (unpaired) electrons. The van der Waals surface area contributed by atoms with Gasteiger partial charge in [-0.15, -0.1) is 0 Å². The van der Waals surface area contributed by atoms with Crippen LogP contribution in [0.1, 0.15) is 12.5 Å². The average molecular weight is 961 g/mol. The summed E-state index contributed by atoms with van der Waals surface area (Å²) in [5.41, 5.74) is 14.7. The molecule has 3 heteroatoms. The van der Waals surface area contributed by atoms with Crippen molar-refractivity contribution in [3.63, 3.8) is 0 Å². The zero-order chi connectivity index (χ0) is 45.1. The van der Waals surface area contributed by atoms with Crippen molar-refractivity contribution in [3.05, 3.63) is 275 Å². The lowest BCUT2D eigenvalue weighted by Crippen LogP contribution is -2.27. The van der Waals surface area contributed by atoms with E-state index < -0.39 is 0 Å². The van der Waals surface area contributed by atoms with E-state index in [4.69, 9.17) is 0 Å². The second kappa shape index (κ2) is 20.8. The Balaban J connectivity index is 1.03. The van der Waals surface area contributed by atoms with Crippen molar-refractivity contribution in [3.8, 4) is 33.4 Å². The summed E-state index contributed by atoms with van der Waals surface area (Å²) in [6.45, 7) is 6.08. The Labute approximate surface area is 402 Å². The Hall–Kier alpha value is -7.73. The maximum absolute atomic E-state index is 4.06. The second-order valence-corrected chi connectivity index (χ2v) is 16.7. The highest BCUT2D eigenvalue weighted by Crippen LogP contribution is 2.40. The Morgan fingerprint density at radius 1 is 0.470 bits per heavy atom. The molecule has 318 valence electrons. The number of hydrogen-bond donors (Lipinski definition) is 0. The van der Waals surface area contributed by atoms with Gasteiger partial charge in [-0.2, -0.15) is 0 Å². The molecule has 0 aromatic heterocycles. The van der Waals surface area contributed by atoms with E-state index in [1.807, 2.05) is 29.2 Å². The zero-order valence-corrected chi connectivity index (χ0v) is 39.0. The van der Waals surface area contributed by atoms with Crippen molar-refractivity contribution < 1.29 is 0 Å². The molecule has 0 aliphatic carbocycles. The summed E-state index contributed by atoms with van der Waals surface area (Å²) in [4.78, 5) is 4.64. The molecule has 0 amide bonds. The molecular formula is C63H49IN2. The van der Waals surface area contributed by atoms with Gasteiger partial charge in [-0.05, 0) is 132 Å². The maximum atomic E-state index is 4.06. The van der Waals surface area contributed by atoms with Crippen LogP contribution in [-0.2, 0) is 0 Å². The highest BCUT2D eigenvalue weighted by molar-refractivity contribution is 14.1. The molecule has 0 bridgehead atoms. The first-order chi connectivity index (χ1) is 32.6. The third-order valence-electron chi connectivity index (χ3n) is 11.8. The summed E-state index contributed by atoms with van der Waals surface area (Å²) >= 11 is 2.26. The lowest BCUT2D eigenvalue weighted by Gasteiger charge is -2.27. The third kappa shape index (κ3) is 9.83. The van der Waals surface area contributed by atoms with Crippen LogP contribution >= 0.6 is 22.6 Å². The van der Waals surface area contributed by atoms with Gasteiger partial charge in [-0.25, -0.2) is 0 Å². The molecule has 0 N–H and O–H groups in total. The maximum Gasteiger partial charge on any atom is 0.0540 e. The summed E-state index contributed by atoms with van der Waals surface area (Å²) in [6, 6.07) is 78.5. The van der Waals surface area contributed by atoms with Crippen LogP contribution in [0, 0.1) is 0 Å². The van der Waals surface area contributed by atoms with Crippen molar-refractivity contribution in [1.29, 1.82) is 0 Å². The topological polar surface area (TPSA) is 6.48 Å². The van der Waals surface area contributed by atoms with E-state index in [9.17, 15) is 0 Å². The summed E-state index contributed by atoms with van der Waals surface area (Å²) in [6.07, 6.45) is 14.5. The monoisotopic (exact) mass is 960 g/mol. The predicted molar refractivity (Wildman–Crippen MR) is 294 cm³/mol. The van der Waals surface area contributed by atoms with Gasteiger partial charge in [0.2, 0.25) is 0 Å². The van der Waals surface area contributed by atoms with Crippen molar-refractivity contribution in [2.24, 2.45) is 0 Å². The van der Waals surface area contributed by atoms with Crippen molar-refractivity contribution in [2.45, 2.75) is 6.92 Å². The largest absolute Gasteiger partial charge is 0.317 e. The van der Waals surface area contributed by atoms with Gasteiger partial charge >= 0.3 is 0 Å². The predicted octanol–water partition coefficient (Wildman–Crippen LogP) is 16.8. The molecule has 0 atom stereocenters. The van der Waals surface area contributed by atoms with Gasteiger partial charge in [0.15, 0.2) is 0 Å². The Kier molecular flexibility index (Phi) is 13.7. The number of fused-ring (bicyclic) bond motifs is 1. The smallest absolute Gasteiger partial charge is 0.0540 e. The van der Waals surface area contributed by atoms with E-state index in [-0.39, 0.29) is 0 Å². The minimum absolute atomic E-state index is 1.06. The van der Waals surface area contributed by atoms with Crippen LogP contribution in [-0.4, -0.2) is 0 Å². The van der Waals surface area contributed by atoms with Crippen LogP contribution in [0.3, 0.4) is 0 Å². The zero-order valence-electron chi connectivity index (χ0n) is 36.9. The molecule has 2 nitrogen and oxygen atoms in total. The first-order valence-electron chi connectivity index (χ1n) is 22.2. The van der Waals surface area contributed by atoms with Gasteiger partial charge in [-0.3, -0.25) is 0 Å². The van der Waals surface area contributed by atoms with E-state index in [1.54, 1.807) is 0 Å². The highest BCUT2D eigenvalue weighted by atomic mass is 127. The molecule has 0 aliphatic heterocycles. The minimum atomic E-state index is 1.06. The number of anilines is 5. The van der Waals surface area contributed by atoms with Gasteiger partial charge in [-0.1, -0.05) is 223 Å². The van der Waals surface area contributed by atoms with Crippen LogP contribution in [0.4, 0.5) is 28.4 Å². The quantitative estimate of drug-likeness (QED) is 0.0839. The molecule has 9 rings (SSSR count). The summed E-state index contributed by atoms with van der Waals surface area (Å²) in [5.74, 6) is 0. The SMILES string of the molecule is C=C/C(=C\C=C/C)c1ccc(N(\C=c2/cccc/c2=C/C=C\I)c2ccc(-c3cccc(-c4ccc(N(c5ccc(-c6ccccc6)cc5)c5cccc6ccccc56)cc4)c3)cc2)cc1. The van der Waals surface area contributed by atoms with Crippen LogP contribution in [0.15, 0.2) is 259 Å². The van der Waals surface area contributed by atoms with E-state index in [0.717, 1.165) is 72.3 Å². The standard InChI is InChI=1S/C63H49IN2/c1-3-5-16-47(4-2)50-28-36-58(37-29-50)65(46-57-21-10-9-19-49(57)25-15-44-64)59-38-30-52(31-39-59)55-23-13-24-56(45-55)53-34-42-61(43-35-53)66(63-27-14-22-54-20-11-12-26-62(54)63)60-40-32-51(33-41-60)48-17-7-6-8-18-48/h3-46H,2H2,1H3/b5-3-,44-15-,47-16+,49-25-,57-46+.